The first-order valence-electron chi connectivity index (χ1n) is 17.5. The molecule has 0 fully saturated rings. The average Bonchev–Trinajstić information content (AvgIpc) is 3.21. The molecule has 0 N–H and O–H groups in total. The van der Waals surface area contributed by atoms with E-state index in [4.69, 9.17) is 9.47 Å². The maximum Gasteiger partial charge on any atom is 0.335 e. The average molecular weight is 709 g/mol. The predicted octanol–water partition coefficient (Wildman–Crippen LogP) is 12.3. The highest BCUT2D eigenvalue weighted by molar-refractivity contribution is 5.85. The third-order valence-electron chi connectivity index (χ3n) is 8.45. The molecule has 0 amide bonds. The van der Waals surface area contributed by atoms with E-state index in [0.29, 0.717) is 11.5 Å². The highest BCUT2D eigenvalue weighted by atomic mass is 16.5. The largest absolute Gasteiger partial charge is 0.423 e. The lowest BCUT2D eigenvalue weighted by Crippen LogP contribution is -2.10. The minimum Gasteiger partial charge on any atom is -0.423 e. The molecule has 0 heterocycles. The van der Waals surface area contributed by atoms with Crippen molar-refractivity contribution in [2.75, 3.05) is 9.80 Å². The van der Waals surface area contributed by atoms with Gasteiger partial charge in [-0.05, 0) is 122 Å². The second-order valence-electron chi connectivity index (χ2n) is 12.4. The van der Waals surface area contributed by atoms with Crippen LogP contribution in [0.15, 0.2) is 195 Å². The van der Waals surface area contributed by atoms with Gasteiger partial charge in [-0.1, -0.05) is 97.6 Å². The van der Waals surface area contributed by atoms with Gasteiger partial charge in [-0.3, -0.25) is 0 Å². The van der Waals surface area contributed by atoms with Crippen LogP contribution in [0, 0.1) is 0 Å². The van der Waals surface area contributed by atoms with E-state index in [9.17, 15) is 9.59 Å². The number of hydrogen-bond acceptors (Lipinski definition) is 6. The van der Waals surface area contributed by atoms with Crippen molar-refractivity contribution in [2.24, 2.45) is 0 Å². The molecule has 0 saturated heterocycles. The summed E-state index contributed by atoms with van der Waals surface area (Å²) in [7, 11) is 0. The van der Waals surface area contributed by atoms with Gasteiger partial charge in [0.25, 0.3) is 0 Å². The molecule has 0 aliphatic heterocycles. The van der Waals surface area contributed by atoms with Crippen LogP contribution < -0.4 is 19.3 Å². The summed E-state index contributed by atoms with van der Waals surface area (Å²) in [5.74, 6) is -0.227. The Kier molecular flexibility index (Phi) is 12.1. The van der Waals surface area contributed by atoms with Crippen LogP contribution in [0.3, 0.4) is 0 Å². The van der Waals surface area contributed by atoms with Gasteiger partial charge in [0.2, 0.25) is 0 Å². The summed E-state index contributed by atoms with van der Waals surface area (Å²) in [4.78, 5) is 27.7. The Bertz CT molecular complexity index is 2140. The van der Waals surface area contributed by atoms with E-state index in [2.05, 4.69) is 145 Å². The van der Waals surface area contributed by atoms with Gasteiger partial charge in [0.05, 0.1) is 0 Å². The van der Waals surface area contributed by atoms with Crippen LogP contribution in [0.5, 0.6) is 11.5 Å². The summed E-state index contributed by atoms with van der Waals surface area (Å²) >= 11 is 0. The van der Waals surface area contributed by atoms with Crippen LogP contribution in [0.4, 0.5) is 34.1 Å². The first kappa shape index (κ1) is 36.6. The summed E-state index contributed by atoms with van der Waals surface area (Å²) in [5, 5.41) is 0. The number of para-hydroxylation sites is 2. The molecular formula is C48H40N2O4. The second kappa shape index (κ2) is 17.8. The normalized spacial score (nSPS) is 11.1. The molecule has 6 nitrogen and oxygen atoms in total. The lowest BCUT2D eigenvalue weighted by atomic mass is 10.1. The third-order valence-corrected chi connectivity index (χ3v) is 8.45. The minimum atomic E-state index is -0.526. The highest BCUT2D eigenvalue weighted by Gasteiger charge is 2.14. The first-order valence-corrected chi connectivity index (χ1v) is 17.5. The van der Waals surface area contributed by atoms with E-state index in [0.717, 1.165) is 63.8 Å². The van der Waals surface area contributed by atoms with Crippen LogP contribution >= 0.6 is 0 Å². The summed E-state index contributed by atoms with van der Waals surface area (Å²) in [6, 6.07) is 52.1. The van der Waals surface area contributed by atoms with E-state index in [-0.39, 0.29) is 0 Å². The number of nitrogens with zero attached hydrogens (tertiary/aromatic N) is 2. The van der Waals surface area contributed by atoms with E-state index < -0.39 is 11.9 Å². The third kappa shape index (κ3) is 9.57. The molecule has 0 bridgehead atoms. The Morgan fingerprint density at radius 2 is 0.852 bits per heavy atom. The van der Waals surface area contributed by atoms with Crippen LogP contribution in [-0.4, -0.2) is 11.9 Å². The lowest BCUT2D eigenvalue weighted by Gasteiger charge is -2.26. The Labute approximate surface area is 316 Å². The van der Waals surface area contributed by atoms with Crippen LogP contribution in [0.1, 0.15) is 24.5 Å². The highest BCUT2D eigenvalue weighted by Crippen LogP contribution is 2.37. The lowest BCUT2D eigenvalue weighted by molar-refractivity contribution is -0.129. The molecule has 0 atom stereocenters. The van der Waals surface area contributed by atoms with Crippen molar-refractivity contribution in [1.82, 2.24) is 0 Å². The molecule has 54 heavy (non-hydrogen) atoms. The van der Waals surface area contributed by atoms with Gasteiger partial charge in [0.15, 0.2) is 0 Å². The number of hydrogen-bond donors (Lipinski definition) is 0. The Morgan fingerprint density at radius 1 is 0.500 bits per heavy atom. The number of carbonyl (C=O) groups excluding carboxylic acids is 2. The SMILES string of the molecule is C=CC(=O)Oc1ccc(N(c2ccc(/C=C/C/C(C)=C\c3ccc(N(c4ccccc4)c4ccccc4)cc3)cc2)c2ccc(OC(=O)C=C)cc2)cc1. The topological polar surface area (TPSA) is 59.1 Å². The monoisotopic (exact) mass is 708 g/mol. The summed E-state index contributed by atoms with van der Waals surface area (Å²) < 4.78 is 10.5. The van der Waals surface area contributed by atoms with Crippen molar-refractivity contribution in [3.05, 3.63) is 206 Å². The van der Waals surface area contributed by atoms with Crippen molar-refractivity contribution in [3.63, 3.8) is 0 Å². The Balaban J connectivity index is 1.15. The molecule has 0 aliphatic carbocycles. The van der Waals surface area contributed by atoms with Gasteiger partial charge in [-0.2, -0.15) is 0 Å². The van der Waals surface area contributed by atoms with Gasteiger partial charge in [-0.25, -0.2) is 9.59 Å². The summed E-state index contributed by atoms with van der Waals surface area (Å²) in [6.45, 7) is 9.06. The number of ether oxygens (including phenoxy) is 2. The fourth-order valence-corrected chi connectivity index (χ4v) is 5.87. The van der Waals surface area contributed by atoms with Crippen molar-refractivity contribution < 1.29 is 19.1 Å². The van der Waals surface area contributed by atoms with Crippen molar-refractivity contribution in [2.45, 2.75) is 13.3 Å². The van der Waals surface area contributed by atoms with Gasteiger partial charge in [0.1, 0.15) is 11.5 Å². The van der Waals surface area contributed by atoms with Gasteiger partial charge < -0.3 is 19.3 Å². The number of carbonyl (C=O) groups is 2. The van der Waals surface area contributed by atoms with E-state index in [1.54, 1.807) is 24.3 Å². The number of anilines is 6. The van der Waals surface area contributed by atoms with E-state index >= 15 is 0 Å². The van der Waals surface area contributed by atoms with Crippen molar-refractivity contribution in [3.8, 4) is 11.5 Å². The fraction of sp³-hybridized carbons (Fsp3) is 0.0417. The summed E-state index contributed by atoms with van der Waals surface area (Å²) in [6.07, 6.45) is 9.57. The van der Waals surface area contributed by atoms with Crippen molar-refractivity contribution >= 4 is 58.2 Å². The smallest absolute Gasteiger partial charge is 0.335 e. The zero-order chi connectivity index (χ0) is 37.7. The predicted molar refractivity (Wildman–Crippen MR) is 221 cm³/mol. The van der Waals surface area contributed by atoms with Crippen LogP contribution in [0.25, 0.3) is 12.2 Å². The Morgan fingerprint density at radius 3 is 1.24 bits per heavy atom. The molecule has 0 radical (unpaired) electrons. The van der Waals surface area contributed by atoms with Crippen LogP contribution in [0.2, 0.25) is 0 Å². The molecule has 0 saturated carbocycles. The van der Waals surface area contributed by atoms with Crippen molar-refractivity contribution in [1.29, 1.82) is 0 Å². The Hall–Kier alpha value is -7.18. The number of rotatable bonds is 14. The molecule has 6 heteroatoms. The molecule has 0 aromatic heterocycles. The maximum atomic E-state index is 11.7. The second-order valence-corrected chi connectivity index (χ2v) is 12.4. The molecule has 6 aromatic carbocycles. The number of benzene rings is 6. The first-order chi connectivity index (χ1) is 26.4. The minimum absolute atomic E-state index is 0.412. The molecule has 0 aliphatic rings. The quantitative estimate of drug-likeness (QED) is 0.0638. The standard InChI is InChI=1S/C48H40N2O4/c1-4-47(51)53-45-31-27-43(28-32-45)50(44-29-33-46(34-30-44)54-48(52)5-2)41-23-19-37(20-24-41)14-12-13-36(3)35-38-21-25-42(26-22-38)49(39-15-8-6-9-16-39)40-17-10-7-11-18-40/h4-12,14-35H,1-2,13H2,3H3/b14-12+,36-35-. The van der Waals surface area contributed by atoms with E-state index in [1.165, 1.54) is 5.57 Å². The summed E-state index contributed by atoms with van der Waals surface area (Å²) in [5.41, 5.74) is 9.37. The zero-order valence-electron chi connectivity index (χ0n) is 30.0. The van der Waals surface area contributed by atoms with E-state index in [1.807, 2.05) is 36.4 Å². The van der Waals surface area contributed by atoms with Gasteiger partial charge in [-0.15, -0.1) is 0 Å². The number of allylic oxidation sites excluding steroid dienone is 2. The van der Waals surface area contributed by atoms with Gasteiger partial charge in [0, 0.05) is 46.3 Å². The van der Waals surface area contributed by atoms with Gasteiger partial charge >= 0.3 is 11.9 Å². The molecule has 0 unspecified atom stereocenters. The molecule has 6 rings (SSSR count). The maximum absolute atomic E-state index is 11.7. The van der Waals surface area contributed by atoms with Crippen LogP contribution in [-0.2, 0) is 9.59 Å². The zero-order valence-corrected chi connectivity index (χ0v) is 30.0. The molecule has 0 spiro atoms. The number of esters is 2. The molecular weight excluding hydrogens is 669 g/mol. The molecule has 6 aromatic rings. The molecule has 266 valence electrons. The fourth-order valence-electron chi connectivity index (χ4n) is 5.87.